The van der Waals surface area contributed by atoms with E-state index in [2.05, 4.69) is 13.8 Å². The molecule has 3 atom stereocenters. The largest absolute Gasteiger partial charge is 2.00 e. The molecule has 0 radical (unpaired) electrons. The number of hydrogen-bond donors (Lipinski definition) is 1. The summed E-state index contributed by atoms with van der Waals surface area (Å²) in [4.78, 5) is 31.6. The van der Waals surface area contributed by atoms with Crippen LogP contribution in [0.5, 0.6) is 0 Å². The van der Waals surface area contributed by atoms with E-state index in [0.29, 0.717) is 46.2 Å². The summed E-state index contributed by atoms with van der Waals surface area (Å²) in [5, 5.41) is 35.8. The topological polar surface area (TPSA) is 137 Å². The number of aliphatic carboxylic acids is 1. The summed E-state index contributed by atoms with van der Waals surface area (Å²) < 4.78 is 0. The Morgan fingerprint density at radius 1 is 1.07 bits per heavy atom. The fourth-order valence-corrected chi connectivity index (χ4v) is 7.00. The van der Waals surface area contributed by atoms with E-state index >= 15 is 0 Å². The number of carboxylic acid groups (broad SMARTS) is 1. The summed E-state index contributed by atoms with van der Waals surface area (Å²) in [5.41, 5.74) is 11.7. The number of rotatable bonds is 7. The molecular weight excluding hydrogens is 565 g/mol. The van der Waals surface area contributed by atoms with Gasteiger partial charge in [0.15, 0.2) is 0 Å². The van der Waals surface area contributed by atoms with Crippen LogP contribution >= 0.6 is 0 Å². The summed E-state index contributed by atoms with van der Waals surface area (Å²) in [6, 6.07) is 5.88. The number of aryl methyl sites for hydroxylation is 2. The third kappa shape index (κ3) is 5.18. The zero-order chi connectivity index (χ0) is 30.7. The predicted molar refractivity (Wildman–Crippen MR) is 170 cm³/mol. The number of carbonyl (C=O) groups is 1. The van der Waals surface area contributed by atoms with Crippen LogP contribution in [0.2, 0.25) is 0 Å². The Morgan fingerprint density at radius 3 is 2.45 bits per heavy atom. The molecule has 8 nitrogen and oxygen atoms in total. The molecule has 3 aromatic heterocycles. The first-order valence-corrected chi connectivity index (χ1v) is 15.2. The Hall–Kier alpha value is -3.40. The van der Waals surface area contributed by atoms with E-state index in [1.54, 1.807) is 13.0 Å². The number of hydrogen-bond acceptors (Lipinski definition) is 6. The van der Waals surface area contributed by atoms with Crippen molar-refractivity contribution in [3.8, 4) is 0 Å². The first-order valence-electron chi connectivity index (χ1n) is 15.2. The van der Waals surface area contributed by atoms with Crippen LogP contribution in [0.15, 0.2) is 18.2 Å². The second-order valence-corrected chi connectivity index (χ2v) is 12.0. The molecule has 1 aliphatic carbocycles. The van der Waals surface area contributed by atoms with Crippen molar-refractivity contribution < 1.29 is 20.1 Å². The summed E-state index contributed by atoms with van der Waals surface area (Å²) in [6.45, 7) is 11.9. The zero-order valence-corrected chi connectivity index (χ0v) is 27.7. The van der Waals surface area contributed by atoms with Gasteiger partial charge in [-0.15, -0.1) is 27.8 Å². The van der Waals surface area contributed by atoms with Gasteiger partial charge in [0.05, 0.1) is 23.2 Å². The number of nitrogens with zero attached hydrogens (tertiary/aromatic N) is 4. The number of aliphatic hydroxyl groups is 1. The molecule has 0 aromatic carbocycles. The molecule has 0 fully saturated rings. The Morgan fingerprint density at radius 2 is 1.80 bits per heavy atom. The van der Waals surface area contributed by atoms with Gasteiger partial charge in [0, 0.05) is 23.5 Å². The van der Waals surface area contributed by atoms with Crippen LogP contribution in [0, 0.1) is 6.92 Å². The third-order valence-corrected chi connectivity index (χ3v) is 9.26. The SMILES string of the molecule is CCCC1=C(C)c2cc3[n-]c(cc4nc(c5c6[n-]c(cc1n2)c(CC)c6C([O-])=C5)[C@@H](CCC(=O)[O-])[C@@H]4C)c(C)c3[C@@H](C)O.[Mg+2]. The van der Waals surface area contributed by atoms with E-state index in [1.165, 1.54) is 0 Å². The second kappa shape index (κ2) is 12.2. The molecular formula is C35H36MgN4O4-2. The number of aromatic nitrogens is 4. The molecule has 3 aliphatic rings. The number of carbonyl (C=O) groups excluding carboxylic acids is 1. The number of fused-ring (bicyclic) bond motifs is 8. The average molecular weight is 601 g/mol. The number of carboxylic acids is 1. The minimum Gasteiger partial charge on any atom is -0.872 e. The average Bonchev–Trinajstić information content (AvgIpc) is 3.70. The molecule has 2 aliphatic heterocycles. The van der Waals surface area contributed by atoms with Gasteiger partial charge in [-0.1, -0.05) is 62.6 Å². The van der Waals surface area contributed by atoms with E-state index < -0.39 is 12.1 Å². The monoisotopic (exact) mass is 600 g/mol. The Labute approximate surface area is 273 Å². The molecule has 3 aromatic rings. The van der Waals surface area contributed by atoms with Crippen LogP contribution in [-0.2, 0) is 11.2 Å². The molecule has 8 bridgehead atoms. The van der Waals surface area contributed by atoms with Gasteiger partial charge in [0.2, 0.25) is 0 Å². The van der Waals surface area contributed by atoms with Crippen molar-refractivity contribution in [2.75, 3.05) is 0 Å². The van der Waals surface area contributed by atoms with Crippen LogP contribution < -0.4 is 20.2 Å². The Balaban J connectivity index is 0.00000384. The zero-order valence-electron chi connectivity index (χ0n) is 26.2. The van der Waals surface area contributed by atoms with Crippen molar-refractivity contribution >= 4 is 74.1 Å². The van der Waals surface area contributed by atoms with Crippen molar-refractivity contribution in [3.63, 3.8) is 0 Å². The number of aliphatic hydroxyl groups excluding tert-OH is 1. The first kappa shape index (κ1) is 32.0. The number of allylic oxidation sites excluding steroid dienone is 2. The summed E-state index contributed by atoms with van der Waals surface area (Å²) in [5.74, 6) is -1.59. The van der Waals surface area contributed by atoms with Crippen LogP contribution in [0.4, 0.5) is 0 Å². The van der Waals surface area contributed by atoms with E-state index in [4.69, 9.17) is 19.9 Å². The Kier molecular flexibility index (Phi) is 8.86. The van der Waals surface area contributed by atoms with Crippen LogP contribution in [0.1, 0.15) is 129 Å². The van der Waals surface area contributed by atoms with E-state index in [0.717, 1.165) is 63.3 Å². The van der Waals surface area contributed by atoms with Gasteiger partial charge < -0.3 is 30.1 Å². The summed E-state index contributed by atoms with van der Waals surface area (Å²) in [6.07, 6.45) is 3.49. The maximum absolute atomic E-state index is 13.5. The van der Waals surface area contributed by atoms with Gasteiger partial charge in [-0.3, -0.25) is 4.98 Å². The van der Waals surface area contributed by atoms with Gasteiger partial charge in [-0.2, -0.15) is 0 Å². The molecule has 1 N–H and O–H groups in total. The van der Waals surface area contributed by atoms with Gasteiger partial charge in [0.25, 0.3) is 0 Å². The van der Waals surface area contributed by atoms with Crippen molar-refractivity contribution in [2.24, 2.45) is 0 Å². The van der Waals surface area contributed by atoms with Gasteiger partial charge >= 0.3 is 23.1 Å². The molecule has 224 valence electrons. The van der Waals surface area contributed by atoms with Crippen LogP contribution in [0.25, 0.3) is 45.0 Å². The van der Waals surface area contributed by atoms with E-state index in [9.17, 15) is 20.1 Å². The van der Waals surface area contributed by atoms with Crippen molar-refractivity contribution in [3.05, 3.63) is 68.8 Å². The summed E-state index contributed by atoms with van der Waals surface area (Å²) >= 11 is 0. The maximum Gasteiger partial charge on any atom is 2.00 e. The molecule has 44 heavy (non-hydrogen) atoms. The molecule has 0 saturated heterocycles. The molecule has 0 amide bonds. The van der Waals surface area contributed by atoms with Crippen LogP contribution in [-0.4, -0.2) is 44.1 Å². The first-order chi connectivity index (χ1) is 20.5. The van der Waals surface area contributed by atoms with Gasteiger partial charge in [-0.25, -0.2) is 4.98 Å². The Bertz CT molecular complexity index is 1900. The minimum absolute atomic E-state index is 0. The van der Waals surface area contributed by atoms with E-state index in [-0.39, 0.29) is 47.1 Å². The smallest absolute Gasteiger partial charge is 0.872 e. The second-order valence-electron chi connectivity index (χ2n) is 12.0. The standard InChI is InChI=1S/C35H39N4O4.Mg/c1-7-9-21-16(3)24-14-29-32(19(6)40)18(5)26(37-29)13-25-17(4)22(10-11-31(42)43)34(38-25)23-12-30(41)33-20(8-2)27(39-35(23)33)15-28(21)36-24;/h12-15,17,19,22,40H,7-11H2,1-6H3,(H3-,36,37,38,39,41,42,43);/q-1;+2/p-3/t17-,19+,22-;/m0./s1. The quantitative estimate of drug-likeness (QED) is 0.393. The molecule has 0 saturated carbocycles. The summed E-state index contributed by atoms with van der Waals surface area (Å²) in [7, 11) is 0. The molecule has 9 heteroatoms. The van der Waals surface area contributed by atoms with Crippen molar-refractivity contribution in [1.29, 1.82) is 0 Å². The molecule has 6 rings (SSSR count). The minimum atomic E-state index is -1.12. The van der Waals surface area contributed by atoms with E-state index in [1.807, 2.05) is 39.0 Å². The maximum atomic E-state index is 13.5. The molecule has 0 spiro atoms. The van der Waals surface area contributed by atoms with Crippen LogP contribution in [0.3, 0.4) is 0 Å². The fourth-order valence-electron chi connectivity index (χ4n) is 7.00. The fraction of sp³-hybridized carbons (Fsp3) is 0.400. The van der Waals surface area contributed by atoms with Crippen molar-refractivity contribution in [1.82, 2.24) is 19.9 Å². The van der Waals surface area contributed by atoms with Gasteiger partial charge in [0.1, 0.15) is 0 Å². The van der Waals surface area contributed by atoms with Gasteiger partial charge in [-0.05, 0) is 74.3 Å². The normalized spacial score (nSPS) is 17.9. The van der Waals surface area contributed by atoms with Crippen molar-refractivity contribution in [2.45, 2.75) is 91.6 Å². The predicted octanol–water partition coefficient (Wildman–Crippen LogP) is 4.44. The molecule has 0 unspecified atom stereocenters. The third-order valence-electron chi connectivity index (χ3n) is 9.26. The molecule has 5 heterocycles.